The molecule has 0 spiro atoms. The predicted molar refractivity (Wildman–Crippen MR) is 70.0 cm³/mol. The van der Waals surface area contributed by atoms with Crippen LogP contribution < -0.4 is 11.3 Å². The van der Waals surface area contributed by atoms with Crippen LogP contribution in [0.1, 0.15) is 0 Å². The molecule has 0 saturated carbocycles. The molecule has 0 unspecified atom stereocenters. The lowest BCUT2D eigenvalue weighted by molar-refractivity contribution is 0.506. The maximum absolute atomic E-state index is 13.2. The van der Waals surface area contributed by atoms with Gasteiger partial charge < -0.3 is 0 Å². The number of hydrazine groups is 1. The van der Waals surface area contributed by atoms with Gasteiger partial charge in [0.25, 0.3) is 0 Å². The Morgan fingerprint density at radius 2 is 2.05 bits per heavy atom. The Bertz CT molecular complexity index is 775. The fourth-order valence-corrected chi connectivity index (χ4v) is 2.52. The second-order valence-corrected chi connectivity index (χ2v) is 4.87. The zero-order valence-corrected chi connectivity index (χ0v) is 10.7. The Morgan fingerprint density at radius 1 is 1.20 bits per heavy atom. The zero-order valence-electron chi connectivity index (χ0n) is 9.89. The van der Waals surface area contributed by atoms with Crippen LogP contribution in [0.15, 0.2) is 34.3 Å². The molecule has 0 fully saturated rings. The lowest BCUT2D eigenvalue weighted by Crippen LogP contribution is -2.10. The van der Waals surface area contributed by atoms with E-state index in [1.807, 2.05) is 0 Å². The number of nitrogens with one attached hydrogen (secondary N) is 2. The van der Waals surface area contributed by atoms with Gasteiger partial charge in [-0.3, -0.25) is 10.5 Å². The first-order valence-corrected chi connectivity index (χ1v) is 6.29. The molecule has 9 heteroatoms. The molecule has 0 aliphatic heterocycles. The minimum Gasteiger partial charge on any atom is -0.292 e. The van der Waals surface area contributed by atoms with Crippen LogP contribution in [-0.4, -0.2) is 20.2 Å². The third-order valence-electron chi connectivity index (χ3n) is 2.51. The van der Waals surface area contributed by atoms with Crippen molar-refractivity contribution in [2.75, 3.05) is 5.43 Å². The number of aromatic nitrogens is 4. The van der Waals surface area contributed by atoms with Crippen LogP contribution in [0.5, 0.6) is 0 Å². The Kier molecular flexibility index (Phi) is 3.20. The van der Waals surface area contributed by atoms with E-state index >= 15 is 0 Å². The van der Waals surface area contributed by atoms with Crippen LogP contribution in [-0.2, 0) is 0 Å². The summed E-state index contributed by atoms with van der Waals surface area (Å²) in [4.78, 5) is 8.76. The van der Waals surface area contributed by atoms with Crippen LogP contribution in [0.3, 0.4) is 0 Å². The molecule has 4 N–H and O–H groups in total. The minimum absolute atomic E-state index is 0.201. The number of hydrogen-bond acceptors (Lipinski definition) is 6. The molecule has 6 nitrogen and oxygen atoms in total. The quantitative estimate of drug-likeness (QED) is 0.389. The lowest BCUT2D eigenvalue weighted by Gasteiger charge is -2.05. The second-order valence-electron chi connectivity index (χ2n) is 3.81. The number of nitrogens with two attached hydrogens (primary N) is 1. The molecule has 0 aliphatic rings. The van der Waals surface area contributed by atoms with Crippen molar-refractivity contribution in [1.82, 2.24) is 20.2 Å². The van der Waals surface area contributed by atoms with Crippen molar-refractivity contribution in [2.45, 2.75) is 9.92 Å². The molecule has 0 amide bonds. The van der Waals surface area contributed by atoms with E-state index in [2.05, 4.69) is 25.6 Å². The van der Waals surface area contributed by atoms with E-state index < -0.39 is 11.6 Å². The van der Waals surface area contributed by atoms with Crippen molar-refractivity contribution >= 4 is 28.7 Å². The van der Waals surface area contributed by atoms with Crippen LogP contribution >= 0.6 is 11.8 Å². The summed E-state index contributed by atoms with van der Waals surface area (Å²) >= 11 is 1.16. The number of rotatable bonds is 3. The van der Waals surface area contributed by atoms with Gasteiger partial charge in [-0.2, -0.15) is 10.1 Å². The van der Waals surface area contributed by atoms with Gasteiger partial charge in [-0.05, 0) is 18.2 Å². The van der Waals surface area contributed by atoms with Crippen LogP contribution in [0.4, 0.5) is 14.7 Å². The molecular formula is C11H8F2N6S. The van der Waals surface area contributed by atoms with Crippen LogP contribution in [0, 0.1) is 11.6 Å². The maximum atomic E-state index is 13.2. The summed E-state index contributed by atoms with van der Waals surface area (Å²) in [6, 6.07) is 3.63. The number of nitrogens with zero attached hydrogens (tertiary/aromatic N) is 3. The van der Waals surface area contributed by atoms with Crippen molar-refractivity contribution in [1.29, 1.82) is 0 Å². The molecule has 0 saturated heterocycles. The molecule has 0 radical (unpaired) electrons. The average molecular weight is 294 g/mol. The molecule has 3 rings (SSSR count). The van der Waals surface area contributed by atoms with E-state index in [-0.39, 0.29) is 5.95 Å². The minimum atomic E-state index is -0.912. The third kappa shape index (κ3) is 2.28. The maximum Gasteiger partial charge on any atom is 0.240 e. The first-order chi connectivity index (χ1) is 9.67. The SMILES string of the molecule is NNc1nc(Sc2ccc(F)c(F)c2)c2cn[nH]c2n1. The van der Waals surface area contributed by atoms with Crippen LogP contribution in [0.25, 0.3) is 11.0 Å². The molecular weight excluding hydrogens is 286 g/mol. The summed E-state index contributed by atoms with van der Waals surface area (Å²) in [5, 5.41) is 7.76. The normalized spacial score (nSPS) is 10.9. The van der Waals surface area contributed by atoms with Gasteiger partial charge in [0.05, 0.1) is 11.6 Å². The van der Waals surface area contributed by atoms with E-state index in [0.717, 1.165) is 23.9 Å². The smallest absolute Gasteiger partial charge is 0.240 e. The largest absolute Gasteiger partial charge is 0.292 e. The summed E-state index contributed by atoms with van der Waals surface area (Å²) in [5.74, 6) is 3.68. The van der Waals surface area contributed by atoms with Gasteiger partial charge in [0.15, 0.2) is 17.3 Å². The van der Waals surface area contributed by atoms with Crippen LogP contribution in [0.2, 0.25) is 0 Å². The van der Waals surface area contributed by atoms with Crippen molar-refractivity contribution in [3.05, 3.63) is 36.0 Å². The van der Waals surface area contributed by atoms with Gasteiger partial charge in [0.1, 0.15) is 5.03 Å². The van der Waals surface area contributed by atoms with Crippen molar-refractivity contribution in [3.8, 4) is 0 Å². The fourth-order valence-electron chi connectivity index (χ4n) is 1.60. The first-order valence-electron chi connectivity index (χ1n) is 5.48. The number of nitrogen functional groups attached to an aromatic ring is 1. The van der Waals surface area contributed by atoms with Crippen molar-refractivity contribution in [3.63, 3.8) is 0 Å². The van der Waals surface area contributed by atoms with Gasteiger partial charge >= 0.3 is 0 Å². The summed E-state index contributed by atoms with van der Waals surface area (Å²) in [5.41, 5.74) is 2.84. The highest BCUT2D eigenvalue weighted by Gasteiger charge is 2.12. The van der Waals surface area contributed by atoms with Gasteiger partial charge in [0, 0.05) is 4.90 Å². The molecule has 0 bridgehead atoms. The Morgan fingerprint density at radius 3 is 2.80 bits per heavy atom. The summed E-state index contributed by atoms with van der Waals surface area (Å²) < 4.78 is 26.1. The molecule has 102 valence electrons. The predicted octanol–water partition coefficient (Wildman–Crippen LogP) is 2.07. The molecule has 2 aromatic heterocycles. The third-order valence-corrected chi connectivity index (χ3v) is 3.50. The summed E-state index contributed by atoms with van der Waals surface area (Å²) in [6.45, 7) is 0. The zero-order chi connectivity index (χ0) is 14.1. The summed E-state index contributed by atoms with van der Waals surface area (Å²) in [7, 11) is 0. The second kappa shape index (κ2) is 5.02. The van der Waals surface area contributed by atoms with Gasteiger partial charge in [-0.25, -0.2) is 19.6 Å². The first kappa shape index (κ1) is 12.8. The number of benzene rings is 1. The molecule has 2 heterocycles. The number of hydrogen-bond donors (Lipinski definition) is 3. The monoisotopic (exact) mass is 294 g/mol. The molecule has 20 heavy (non-hydrogen) atoms. The van der Waals surface area contributed by atoms with Crippen molar-refractivity contribution < 1.29 is 8.78 Å². The molecule has 0 aliphatic carbocycles. The van der Waals surface area contributed by atoms with Crippen molar-refractivity contribution in [2.24, 2.45) is 5.84 Å². The highest BCUT2D eigenvalue weighted by molar-refractivity contribution is 7.99. The molecule has 1 aromatic carbocycles. The standard InChI is InChI=1S/C11H8F2N6S/c12-7-2-1-5(3-8(7)13)20-10-6-4-15-19-9(6)16-11(17-10)18-14/h1-4H,14H2,(H2,15,16,17,18,19). The summed E-state index contributed by atoms with van der Waals surface area (Å²) in [6.07, 6.45) is 1.55. The highest BCUT2D eigenvalue weighted by atomic mass is 32.2. The number of fused-ring (bicyclic) bond motifs is 1. The van der Waals surface area contributed by atoms with Gasteiger partial charge in [0.2, 0.25) is 5.95 Å². The topological polar surface area (TPSA) is 92.5 Å². The Hall–Kier alpha value is -2.26. The van der Waals surface area contributed by atoms with E-state index in [0.29, 0.717) is 21.0 Å². The Balaban J connectivity index is 2.04. The van der Waals surface area contributed by atoms with Gasteiger partial charge in [-0.1, -0.05) is 11.8 Å². The molecule has 0 atom stereocenters. The Labute approximate surface area is 115 Å². The number of H-pyrrole nitrogens is 1. The van der Waals surface area contributed by atoms with E-state index in [9.17, 15) is 8.78 Å². The van der Waals surface area contributed by atoms with E-state index in [1.54, 1.807) is 6.20 Å². The highest BCUT2D eigenvalue weighted by Crippen LogP contribution is 2.32. The van der Waals surface area contributed by atoms with E-state index in [4.69, 9.17) is 5.84 Å². The van der Waals surface area contributed by atoms with Gasteiger partial charge in [-0.15, -0.1) is 0 Å². The number of aromatic amines is 1. The number of anilines is 1. The fraction of sp³-hybridized carbons (Fsp3) is 0. The molecule has 3 aromatic rings. The number of halogens is 2. The van der Waals surface area contributed by atoms with E-state index in [1.165, 1.54) is 6.07 Å². The lowest BCUT2D eigenvalue weighted by atomic mass is 10.3. The average Bonchev–Trinajstić information content (AvgIpc) is 2.91.